The van der Waals surface area contributed by atoms with Crippen LogP contribution in [0.4, 0.5) is 10.5 Å². The van der Waals surface area contributed by atoms with E-state index in [0.29, 0.717) is 32.5 Å². The number of urea groups is 1. The molecule has 4 amide bonds. The molecular formula is C29H40N4O4. The Morgan fingerprint density at radius 2 is 1.76 bits per heavy atom. The number of nitrogens with zero attached hydrogens (tertiary/aromatic N) is 1. The maximum Gasteiger partial charge on any atom is 0.319 e. The third-order valence-corrected chi connectivity index (χ3v) is 6.82. The summed E-state index contributed by atoms with van der Waals surface area (Å²) in [5.74, 6) is 0.459. The second-order valence-electron chi connectivity index (χ2n) is 10.7. The lowest BCUT2D eigenvalue weighted by atomic mass is 9.84. The third kappa shape index (κ3) is 7.47. The van der Waals surface area contributed by atoms with Gasteiger partial charge in [0.1, 0.15) is 11.8 Å². The number of hydrogen-bond donors (Lipinski definition) is 3. The van der Waals surface area contributed by atoms with Crippen LogP contribution in [0.1, 0.15) is 57.2 Å². The van der Waals surface area contributed by atoms with Crippen molar-refractivity contribution in [3.8, 4) is 5.75 Å². The number of aryl methyl sites for hydroxylation is 1. The molecule has 8 nitrogen and oxygen atoms in total. The Morgan fingerprint density at radius 1 is 1.08 bits per heavy atom. The molecule has 1 heterocycles. The fraction of sp³-hybridized carbons (Fsp3) is 0.483. The van der Waals surface area contributed by atoms with Crippen LogP contribution in [-0.2, 0) is 21.5 Å². The van der Waals surface area contributed by atoms with Gasteiger partial charge in [0.05, 0.1) is 7.11 Å². The molecule has 0 radical (unpaired) electrons. The van der Waals surface area contributed by atoms with Gasteiger partial charge in [0, 0.05) is 31.2 Å². The van der Waals surface area contributed by atoms with Crippen molar-refractivity contribution in [2.45, 2.75) is 65.5 Å². The van der Waals surface area contributed by atoms with Crippen LogP contribution in [0.2, 0.25) is 0 Å². The summed E-state index contributed by atoms with van der Waals surface area (Å²) in [5.41, 5.74) is 3.61. The van der Waals surface area contributed by atoms with Crippen LogP contribution < -0.4 is 20.7 Å². The Balaban J connectivity index is 1.48. The van der Waals surface area contributed by atoms with Crippen molar-refractivity contribution in [2.75, 3.05) is 25.5 Å². The first-order chi connectivity index (χ1) is 17.5. The van der Waals surface area contributed by atoms with E-state index in [1.807, 2.05) is 49.4 Å². The van der Waals surface area contributed by atoms with Crippen LogP contribution in [0, 0.1) is 12.8 Å². The van der Waals surface area contributed by atoms with Gasteiger partial charge in [0.15, 0.2) is 0 Å². The standard InChI is InChI=1S/C29H40N4O4/c1-19-9-7-12-24(29(3,4)5)25(19)32-28(36)31-20(2)27(35)33-15-13-22(14-16-33)26(34)30-18-21-10-8-11-23(17-21)37-6/h7-12,17,20,22H,13-16,18H2,1-6H3,(H,30,34)(H2,31,32,36)/t20-/m1/s1. The van der Waals surface area contributed by atoms with Gasteiger partial charge in [-0.15, -0.1) is 0 Å². The zero-order valence-corrected chi connectivity index (χ0v) is 22.8. The van der Waals surface area contributed by atoms with Gasteiger partial charge in [-0.3, -0.25) is 9.59 Å². The highest BCUT2D eigenvalue weighted by Crippen LogP contribution is 2.31. The second kappa shape index (κ2) is 12.1. The molecule has 37 heavy (non-hydrogen) atoms. The number of nitrogens with one attached hydrogen (secondary N) is 3. The van der Waals surface area contributed by atoms with Gasteiger partial charge < -0.3 is 25.6 Å². The van der Waals surface area contributed by atoms with E-state index in [1.54, 1.807) is 18.9 Å². The van der Waals surface area contributed by atoms with Crippen LogP contribution in [0.15, 0.2) is 42.5 Å². The number of amides is 4. The normalized spacial score (nSPS) is 15.0. The molecule has 3 N–H and O–H groups in total. The molecule has 1 fully saturated rings. The summed E-state index contributed by atoms with van der Waals surface area (Å²) in [4.78, 5) is 40.2. The number of ether oxygens (including phenoxy) is 1. The van der Waals surface area contributed by atoms with Gasteiger partial charge in [-0.1, -0.05) is 51.1 Å². The van der Waals surface area contributed by atoms with Gasteiger partial charge in [0.25, 0.3) is 0 Å². The number of rotatable bonds is 7. The highest BCUT2D eigenvalue weighted by Gasteiger charge is 2.30. The first-order valence-electron chi connectivity index (χ1n) is 12.9. The molecule has 0 saturated carbocycles. The molecule has 200 valence electrons. The third-order valence-electron chi connectivity index (χ3n) is 6.82. The van der Waals surface area contributed by atoms with Crippen molar-refractivity contribution in [1.82, 2.24) is 15.5 Å². The van der Waals surface area contributed by atoms with Crippen LogP contribution in [0.5, 0.6) is 5.75 Å². The number of methoxy groups -OCH3 is 1. The summed E-state index contributed by atoms with van der Waals surface area (Å²) in [6, 6.07) is 12.5. The predicted octanol–water partition coefficient (Wildman–Crippen LogP) is 4.37. The topological polar surface area (TPSA) is 99.8 Å². The van der Waals surface area contributed by atoms with Crippen molar-refractivity contribution in [1.29, 1.82) is 0 Å². The number of piperidine rings is 1. The number of likely N-dealkylation sites (tertiary alicyclic amines) is 1. The van der Waals surface area contributed by atoms with Gasteiger partial charge >= 0.3 is 6.03 Å². The van der Waals surface area contributed by atoms with E-state index in [-0.39, 0.29) is 23.1 Å². The minimum atomic E-state index is -0.680. The Bertz CT molecular complexity index is 1120. The largest absolute Gasteiger partial charge is 0.497 e. The van der Waals surface area contributed by atoms with Crippen molar-refractivity contribution < 1.29 is 19.1 Å². The highest BCUT2D eigenvalue weighted by molar-refractivity contribution is 5.95. The molecule has 0 aromatic heterocycles. The quantitative estimate of drug-likeness (QED) is 0.517. The number of carbonyl (C=O) groups excluding carboxylic acids is 3. The molecule has 1 aliphatic heterocycles. The van der Waals surface area contributed by atoms with Gasteiger partial charge in [0.2, 0.25) is 11.8 Å². The van der Waals surface area contributed by atoms with E-state index in [2.05, 4.69) is 36.7 Å². The Kier molecular flexibility index (Phi) is 9.18. The van der Waals surface area contributed by atoms with E-state index >= 15 is 0 Å². The molecule has 2 aromatic carbocycles. The van der Waals surface area contributed by atoms with E-state index in [9.17, 15) is 14.4 Å². The van der Waals surface area contributed by atoms with Gasteiger partial charge in [-0.2, -0.15) is 0 Å². The zero-order chi connectivity index (χ0) is 27.2. The van der Waals surface area contributed by atoms with E-state index < -0.39 is 12.1 Å². The predicted molar refractivity (Wildman–Crippen MR) is 146 cm³/mol. The van der Waals surface area contributed by atoms with Crippen molar-refractivity contribution in [2.24, 2.45) is 5.92 Å². The maximum absolute atomic E-state index is 13.0. The first-order valence-corrected chi connectivity index (χ1v) is 12.9. The SMILES string of the molecule is COc1cccc(CNC(=O)C2CCN(C(=O)[C@@H](C)NC(=O)Nc3c(C)cccc3C(C)(C)C)CC2)c1. The maximum atomic E-state index is 13.0. The number of carbonyl (C=O) groups is 3. The molecule has 0 unspecified atom stereocenters. The van der Waals surface area contributed by atoms with Crippen LogP contribution in [0.25, 0.3) is 0 Å². The summed E-state index contributed by atoms with van der Waals surface area (Å²) in [6.45, 7) is 11.3. The van der Waals surface area contributed by atoms with Crippen LogP contribution >= 0.6 is 0 Å². The Morgan fingerprint density at radius 3 is 2.41 bits per heavy atom. The molecule has 1 atom stereocenters. The molecular weight excluding hydrogens is 468 g/mol. The summed E-state index contributed by atoms with van der Waals surface area (Å²) >= 11 is 0. The lowest BCUT2D eigenvalue weighted by Gasteiger charge is -2.33. The number of hydrogen-bond acceptors (Lipinski definition) is 4. The summed E-state index contributed by atoms with van der Waals surface area (Å²) in [5, 5.41) is 8.72. The van der Waals surface area contributed by atoms with Crippen molar-refractivity contribution >= 4 is 23.5 Å². The molecule has 2 aromatic rings. The fourth-order valence-corrected chi connectivity index (χ4v) is 4.62. The van der Waals surface area contributed by atoms with E-state index in [4.69, 9.17) is 4.74 Å². The monoisotopic (exact) mass is 508 g/mol. The minimum Gasteiger partial charge on any atom is -0.497 e. The zero-order valence-electron chi connectivity index (χ0n) is 22.8. The van der Waals surface area contributed by atoms with Crippen LogP contribution in [-0.4, -0.2) is 49.0 Å². The van der Waals surface area contributed by atoms with Gasteiger partial charge in [-0.05, 0) is 60.9 Å². The van der Waals surface area contributed by atoms with E-state index in [1.165, 1.54) is 0 Å². The number of para-hydroxylation sites is 1. The molecule has 1 aliphatic rings. The summed E-state index contributed by atoms with van der Waals surface area (Å²) in [6.07, 6.45) is 1.18. The second-order valence-corrected chi connectivity index (χ2v) is 10.7. The van der Waals surface area contributed by atoms with E-state index in [0.717, 1.165) is 28.1 Å². The molecule has 3 rings (SSSR count). The average Bonchev–Trinajstić information content (AvgIpc) is 2.87. The molecule has 0 spiro atoms. The smallest absolute Gasteiger partial charge is 0.319 e. The molecule has 0 aliphatic carbocycles. The lowest BCUT2D eigenvalue weighted by molar-refractivity contribution is -0.136. The van der Waals surface area contributed by atoms with Crippen LogP contribution in [0.3, 0.4) is 0 Å². The average molecular weight is 509 g/mol. The Labute approximate surface area is 220 Å². The van der Waals surface area contributed by atoms with Gasteiger partial charge in [-0.25, -0.2) is 4.79 Å². The number of benzene rings is 2. The lowest BCUT2D eigenvalue weighted by Crippen LogP contribution is -2.51. The minimum absolute atomic E-state index is 0.00615. The number of anilines is 1. The first kappa shape index (κ1) is 28.0. The van der Waals surface area contributed by atoms with Crippen molar-refractivity contribution in [3.05, 3.63) is 59.2 Å². The highest BCUT2D eigenvalue weighted by atomic mass is 16.5. The fourth-order valence-electron chi connectivity index (χ4n) is 4.62. The molecule has 8 heteroatoms. The van der Waals surface area contributed by atoms with Crippen molar-refractivity contribution in [3.63, 3.8) is 0 Å². The summed E-state index contributed by atoms with van der Waals surface area (Å²) < 4.78 is 5.23. The summed E-state index contributed by atoms with van der Waals surface area (Å²) in [7, 11) is 1.61. The molecule has 1 saturated heterocycles. The Hall–Kier alpha value is -3.55. The molecule has 0 bridgehead atoms.